The Hall–Kier alpha value is -4.63. The van der Waals surface area contributed by atoms with Crippen LogP contribution in [0, 0.1) is 5.92 Å². The topological polar surface area (TPSA) is 116 Å². The van der Waals surface area contributed by atoms with Crippen molar-refractivity contribution in [1.82, 2.24) is 25.1 Å². The summed E-state index contributed by atoms with van der Waals surface area (Å²) in [5.74, 6) is 0.311. The lowest BCUT2D eigenvalue weighted by atomic mass is 10.0. The molecule has 0 radical (unpaired) electrons. The van der Waals surface area contributed by atoms with E-state index in [1.807, 2.05) is 50.4 Å². The summed E-state index contributed by atoms with van der Waals surface area (Å²) in [4.78, 5) is 38.0. The summed E-state index contributed by atoms with van der Waals surface area (Å²) in [6.07, 6.45) is 7.53. The van der Waals surface area contributed by atoms with E-state index >= 15 is 0 Å². The van der Waals surface area contributed by atoms with Crippen molar-refractivity contribution in [3.8, 4) is 33.0 Å². The van der Waals surface area contributed by atoms with Gasteiger partial charge in [-0.25, -0.2) is 0 Å². The Morgan fingerprint density at radius 1 is 0.923 bits per heavy atom. The first kappa shape index (κ1) is 24.7. The summed E-state index contributed by atoms with van der Waals surface area (Å²) in [6, 6.07) is 13.9. The average molecular weight is 535 g/mol. The normalized spacial score (nSPS) is 11.5. The number of amides is 1. The van der Waals surface area contributed by atoms with Gasteiger partial charge in [-0.1, -0.05) is 19.9 Å². The Morgan fingerprint density at radius 2 is 1.77 bits per heavy atom. The highest BCUT2D eigenvalue weighted by molar-refractivity contribution is 7.17. The first-order valence-corrected chi connectivity index (χ1v) is 13.5. The number of ketones is 1. The second-order valence-electron chi connectivity index (χ2n) is 9.99. The van der Waals surface area contributed by atoms with E-state index in [1.54, 1.807) is 25.5 Å². The number of nitrogens with zero attached hydrogens (tertiary/aromatic N) is 3. The van der Waals surface area contributed by atoms with Gasteiger partial charge in [0.25, 0.3) is 0 Å². The van der Waals surface area contributed by atoms with Crippen molar-refractivity contribution in [2.24, 2.45) is 5.92 Å². The Bertz CT molecular complexity index is 1860. The number of hydrogen-bond acceptors (Lipinski definition) is 6. The molecule has 1 amide bonds. The van der Waals surface area contributed by atoms with Gasteiger partial charge in [-0.2, -0.15) is 5.10 Å². The number of thiophene rings is 1. The van der Waals surface area contributed by atoms with Crippen LogP contribution in [-0.4, -0.2) is 36.8 Å². The number of anilines is 1. The van der Waals surface area contributed by atoms with Crippen LogP contribution in [0.5, 0.6) is 0 Å². The van der Waals surface area contributed by atoms with Crippen LogP contribution in [0.3, 0.4) is 0 Å². The van der Waals surface area contributed by atoms with E-state index in [0.29, 0.717) is 12.1 Å². The molecular formula is C30H26N6O2S. The molecule has 0 saturated heterocycles. The van der Waals surface area contributed by atoms with Gasteiger partial charge < -0.3 is 10.3 Å². The Morgan fingerprint density at radius 3 is 2.56 bits per heavy atom. The monoisotopic (exact) mass is 534 g/mol. The second kappa shape index (κ2) is 9.92. The van der Waals surface area contributed by atoms with Gasteiger partial charge in [-0.3, -0.25) is 24.7 Å². The van der Waals surface area contributed by atoms with Crippen LogP contribution in [0.25, 0.3) is 54.8 Å². The van der Waals surface area contributed by atoms with E-state index in [4.69, 9.17) is 0 Å². The lowest BCUT2D eigenvalue weighted by Gasteiger charge is -2.09. The molecule has 39 heavy (non-hydrogen) atoms. The van der Waals surface area contributed by atoms with Crippen molar-refractivity contribution in [1.29, 1.82) is 0 Å². The number of pyridine rings is 2. The molecule has 0 aliphatic carbocycles. The zero-order valence-corrected chi connectivity index (χ0v) is 22.5. The highest BCUT2D eigenvalue weighted by Gasteiger charge is 2.16. The molecule has 5 aromatic heterocycles. The highest BCUT2D eigenvalue weighted by atomic mass is 32.1. The molecule has 9 heteroatoms. The molecule has 3 N–H and O–H groups in total. The number of fused-ring (bicyclic) bond motifs is 2. The summed E-state index contributed by atoms with van der Waals surface area (Å²) in [6.45, 7) is 5.61. The Kier molecular flexibility index (Phi) is 6.28. The molecule has 0 fully saturated rings. The van der Waals surface area contributed by atoms with Gasteiger partial charge in [0.2, 0.25) is 5.91 Å². The van der Waals surface area contributed by atoms with E-state index in [2.05, 4.69) is 42.6 Å². The summed E-state index contributed by atoms with van der Waals surface area (Å²) in [7, 11) is 0. The molecule has 0 aliphatic rings. The van der Waals surface area contributed by atoms with Crippen LogP contribution < -0.4 is 5.32 Å². The van der Waals surface area contributed by atoms with Crippen LogP contribution in [-0.2, 0) is 4.79 Å². The highest BCUT2D eigenvalue weighted by Crippen LogP contribution is 2.37. The smallest absolute Gasteiger partial charge is 0.224 e. The predicted octanol–water partition coefficient (Wildman–Crippen LogP) is 7.08. The zero-order chi connectivity index (χ0) is 27.1. The maximum atomic E-state index is 12.3. The fourth-order valence-electron chi connectivity index (χ4n) is 4.69. The van der Waals surface area contributed by atoms with Gasteiger partial charge in [0.1, 0.15) is 5.69 Å². The molecule has 6 rings (SSSR count). The molecule has 6 aromatic rings. The van der Waals surface area contributed by atoms with E-state index < -0.39 is 0 Å². The fraction of sp³-hybridized carbons (Fsp3) is 0.167. The van der Waals surface area contributed by atoms with Crippen molar-refractivity contribution in [2.45, 2.75) is 27.2 Å². The lowest BCUT2D eigenvalue weighted by Crippen LogP contribution is -2.13. The predicted molar refractivity (Wildman–Crippen MR) is 156 cm³/mol. The summed E-state index contributed by atoms with van der Waals surface area (Å²) in [5.41, 5.74) is 6.95. The molecule has 1 aromatic carbocycles. The number of hydrogen-bond donors (Lipinski definition) is 3. The third kappa shape index (κ3) is 4.84. The van der Waals surface area contributed by atoms with Crippen LogP contribution in [0.15, 0.2) is 67.3 Å². The van der Waals surface area contributed by atoms with Gasteiger partial charge in [0.15, 0.2) is 5.78 Å². The van der Waals surface area contributed by atoms with E-state index in [-0.39, 0.29) is 17.6 Å². The largest absolute Gasteiger partial charge is 0.352 e. The number of benzene rings is 1. The van der Waals surface area contributed by atoms with E-state index in [9.17, 15) is 9.59 Å². The number of aromatic nitrogens is 5. The third-order valence-electron chi connectivity index (χ3n) is 6.53. The van der Waals surface area contributed by atoms with Gasteiger partial charge in [0.05, 0.1) is 39.7 Å². The lowest BCUT2D eigenvalue weighted by molar-refractivity contribution is -0.116. The fourth-order valence-corrected chi connectivity index (χ4v) is 5.62. The molecule has 0 aliphatic heterocycles. The molecule has 0 bridgehead atoms. The molecule has 8 nitrogen and oxygen atoms in total. The summed E-state index contributed by atoms with van der Waals surface area (Å²) in [5, 5.41) is 12.7. The number of nitrogens with one attached hydrogen (secondary N) is 3. The van der Waals surface area contributed by atoms with Crippen molar-refractivity contribution in [3.63, 3.8) is 0 Å². The van der Waals surface area contributed by atoms with Crippen LogP contribution >= 0.6 is 11.3 Å². The van der Waals surface area contributed by atoms with Crippen LogP contribution in [0.4, 0.5) is 5.69 Å². The molecule has 0 unspecified atom stereocenters. The van der Waals surface area contributed by atoms with E-state index in [1.165, 1.54) is 11.3 Å². The maximum absolute atomic E-state index is 12.3. The number of carbonyl (C=O) groups excluding carboxylic acids is 2. The minimum atomic E-state index is -0.0238. The van der Waals surface area contributed by atoms with Gasteiger partial charge in [-0.15, -0.1) is 11.3 Å². The minimum Gasteiger partial charge on any atom is -0.352 e. The molecule has 0 atom stereocenters. The third-order valence-corrected chi connectivity index (χ3v) is 7.75. The Labute approximate surface area is 228 Å². The standard InChI is InChI=1S/C30H26N6O2S/c1-16(2)8-29(38)33-20-9-19(12-31-13-20)18-4-5-24-22(10-18)30(36-35-24)25-11-21-23(14-32-15-26(21)34-25)28-7-6-27(39-28)17(3)37/h4-7,9-16,34H,8H2,1-3H3,(H,33,38)(H,35,36). The number of Topliss-reactive ketones (excluding diaryl/α,β-unsaturated/α-hetero) is 1. The molecule has 0 saturated carbocycles. The number of carbonyl (C=O) groups is 2. The molecule has 5 heterocycles. The van der Waals surface area contributed by atoms with Crippen LogP contribution in [0.2, 0.25) is 0 Å². The summed E-state index contributed by atoms with van der Waals surface area (Å²) < 4.78 is 0. The number of aromatic amines is 2. The van der Waals surface area contributed by atoms with Crippen molar-refractivity contribution >= 4 is 50.5 Å². The van der Waals surface area contributed by atoms with E-state index in [0.717, 1.165) is 59.6 Å². The first-order valence-electron chi connectivity index (χ1n) is 12.7. The van der Waals surface area contributed by atoms with Gasteiger partial charge in [0, 0.05) is 45.6 Å². The first-order chi connectivity index (χ1) is 18.9. The quantitative estimate of drug-likeness (QED) is 0.189. The Balaban J connectivity index is 1.37. The summed E-state index contributed by atoms with van der Waals surface area (Å²) >= 11 is 1.47. The molecule has 0 spiro atoms. The van der Waals surface area contributed by atoms with Crippen LogP contribution in [0.1, 0.15) is 36.9 Å². The van der Waals surface area contributed by atoms with Crippen molar-refractivity contribution in [2.75, 3.05) is 5.32 Å². The number of H-pyrrole nitrogens is 2. The zero-order valence-electron chi connectivity index (χ0n) is 21.7. The van der Waals surface area contributed by atoms with Crippen molar-refractivity contribution in [3.05, 3.63) is 72.1 Å². The van der Waals surface area contributed by atoms with Crippen molar-refractivity contribution < 1.29 is 9.59 Å². The maximum Gasteiger partial charge on any atom is 0.224 e. The second-order valence-corrected chi connectivity index (χ2v) is 11.1. The molecular weight excluding hydrogens is 508 g/mol. The SMILES string of the molecule is CC(=O)c1ccc(-c2cncc3[nH]c(-c4n[nH]c5ccc(-c6cncc(NC(=O)CC(C)C)c6)cc45)cc23)s1. The number of rotatable bonds is 7. The van der Waals surface area contributed by atoms with Gasteiger partial charge in [-0.05, 0) is 54.8 Å². The van der Waals surface area contributed by atoms with Gasteiger partial charge >= 0.3 is 0 Å². The minimum absolute atomic E-state index is 0.0238. The average Bonchev–Trinajstić information content (AvgIpc) is 3.65. The molecule has 194 valence electrons.